The van der Waals surface area contributed by atoms with Crippen LogP contribution in [0.1, 0.15) is 33.1 Å². The molecule has 1 rings (SSSR count). The maximum atomic E-state index is 5.44. The number of rotatable bonds is 5. The average molecular weight is 231 g/mol. The van der Waals surface area contributed by atoms with Crippen molar-refractivity contribution >= 4 is 12.6 Å². The molecule has 0 N–H and O–H groups in total. The molecule has 1 unspecified atom stereocenters. The molecule has 2 nitrogen and oxygen atoms in total. The van der Waals surface area contributed by atoms with E-state index in [4.69, 9.17) is 4.74 Å². The van der Waals surface area contributed by atoms with Gasteiger partial charge < -0.3 is 9.64 Å². The highest BCUT2D eigenvalue weighted by Gasteiger charge is 2.33. The molecule has 15 heavy (non-hydrogen) atoms. The summed E-state index contributed by atoms with van der Waals surface area (Å²) in [5.41, 5.74) is 0.388. The summed E-state index contributed by atoms with van der Waals surface area (Å²) in [5.74, 6) is 0.983. The Kier molecular flexibility index (Phi) is 5.44. The third-order valence-electron chi connectivity index (χ3n) is 3.82. The van der Waals surface area contributed by atoms with Crippen LogP contribution in [0, 0.1) is 5.41 Å². The summed E-state index contributed by atoms with van der Waals surface area (Å²) in [5, 5.41) is 0. The Morgan fingerprint density at radius 1 is 1.40 bits per heavy atom. The first kappa shape index (κ1) is 13.3. The molecule has 0 amide bonds. The number of thiol groups is 1. The zero-order chi connectivity index (χ0) is 11.3. The molecule has 0 aliphatic carbocycles. The summed E-state index contributed by atoms with van der Waals surface area (Å²) in [7, 11) is 2.23. The maximum absolute atomic E-state index is 5.44. The van der Waals surface area contributed by atoms with Gasteiger partial charge in [0.1, 0.15) is 0 Å². The second-order valence-corrected chi connectivity index (χ2v) is 5.26. The number of hydrogen-bond acceptors (Lipinski definition) is 3. The highest BCUT2D eigenvalue weighted by Crippen LogP contribution is 2.33. The average Bonchev–Trinajstić information content (AvgIpc) is 2.29. The van der Waals surface area contributed by atoms with Crippen molar-refractivity contribution < 1.29 is 4.74 Å². The van der Waals surface area contributed by atoms with E-state index in [1.165, 1.54) is 6.42 Å². The second kappa shape index (κ2) is 6.12. The Labute approximate surface area is 99.8 Å². The monoisotopic (exact) mass is 231 g/mol. The van der Waals surface area contributed by atoms with E-state index in [1.807, 2.05) is 0 Å². The van der Waals surface area contributed by atoms with Crippen LogP contribution in [0.25, 0.3) is 0 Å². The molecule has 1 saturated heterocycles. The largest absolute Gasteiger partial charge is 0.381 e. The molecule has 1 aliphatic rings. The van der Waals surface area contributed by atoms with E-state index >= 15 is 0 Å². The molecule has 0 bridgehead atoms. The predicted molar refractivity (Wildman–Crippen MR) is 68.7 cm³/mol. The van der Waals surface area contributed by atoms with Gasteiger partial charge in [0.05, 0.1) is 0 Å². The minimum Gasteiger partial charge on any atom is -0.381 e. The molecule has 1 aliphatic heterocycles. The van der Waals surface area contributed by atoms with Crippen LogP contribution in [-0.2, 0) is 4.74 Å². The third kappa shape index (κ3) is 3.65. The molecule has 0 aromatic carbocycles. The summed E-state index contributed by atoms with van der Waals surface area (Å²) in [6.07, 6.45) is 3.55. The van der Waals surface area contributed by atoms with E-state index in [2.05, 4.69) is 38.4 Å². The van der Waals surface area contributed by atoms with E-state index in [0.29, 0.717) is 11.5 Å². The van der Waals surface area contributed by atoms with Gasteiger partial charge in [-0.05, 0) is 44.4 Å². The lowest BCUT2D eigenvalue weighted by Crippen LogP contribution is -2.44. The highest BCUT2D eigenvalue weighted by molar-refractivity contribution is 7.80. The van der Waals surface area contributed by atoms with Crippen LogP contribution in [0.5, 0.6) is 0 Å². The fraction of sp³-hybridized carbons (Fsp3) is 1.00. The first-order chi connectivity index (χ1) is 7.13. The van der Waals surface area contributed by atoms with Gasteiger partial charge in [0, 0.05) is 25.8 Å². The molecule has 1 fully saturated rings. The van der Waals surface area contributed by atoms with E-state index in [-0.39, 0.29) is 0 Å². The Balaban J connectivity index is 2.51. The fourth-order valence-electron chi connectivity index (χ4n) is 2.17. The van der Waals surface area contributed by atoms with Gasteiger partial charge in [0.25, 0.3) is 0 Å². The lowest BCUT2D eigenvalue weighted by molar-refractivity contribution is 0.00627. The molecule has 0 spiro atoms. The number of ether oxygens (including phenoxy) is 1. The van der Waals surface area contributed by atoms with Gasteiger partial charge in [0.15, 0.2) is 0 Å². The third-order valence-corrected chi connectivity index (χ3v) is 4.49. The SMILES string of the molecule is CCC(C)N(C)CC1(CS)CCOCC1. The maximum Gasteiger partial charge on any atom is 0.0472 e. The van der Waals surface area contributed by atoms with Crippen LogP contribution in [0.3, 0.4) is 0 Å². The Morgan fingerprint density at radius 2 is 2.00 bits per heavy atom. The van der Waals surface area contributed by atoms with Crippen LogP contribution >= 0.6 is 12.6 Å². The van der Waals surface area contributed by atoms with Gasteiger partial charge in [-0.25, -0.2) is 0 Å². The molecule has 90 valence electrons. The van der Waals surface area contributed by atoms with Crippen molar-refractivity contribution in [3.05, 3.63) is 0 Å². The molecule has 1 heterocycles. The van der Waals surface area contributed by atoms with Crippen LogP contribution in [0.2, 0.25) is 0 Å². The molecule has 0 aromatic heterocycles. The summed E-state index contributed by atoms with van der Waals surface area (Å²) in [6, 6.07) is 0.671. The molecule has 0 saturated carbocycles. The van der Waals surface area contributed by atoms with Crippen molar-refractivity contribution in [2.24, 2.45) is 5.41 Å². The van der Waals surface area contributed by atoms with Gasteiger partial charge in [-0.1, -0.05) is 6.92 Å². The lowest BCUT2D eigenvalue weighted by atomic mass is 9.81. The van der Waals surface area contributed by atoms with Crippen molar-refractivity contribution in [2.45, 2.75) is 39.2 Å². The van der Waals surface area contributed by atoms with Crippen molar-refractivity contribution in [2.75, 3.05) is 32.6 Å². The summed E-state index contributed by atoms with van der Waals surface area (Å²) < 4.78 is 5.44. The van der Waals surface area contributed by atoms with E-state index < -0.39 is 0 Å². The normalized spacial score (nSPS) is 23.0. The van der Waals surface area contributed by atoms with Crippen molar-refractivity contribution in [1.29, 1.82) is 0 Å². The predicted octanol–water partition coefficient (Wildman–Crippen LogP) is 2.44. The van der Waals surface area contributed by atoms with Gasteiger partial charge in [-0.3, -0.25) is 0 Å². The molecule has 1 atom stereocenters. The van der Waals surface area contributed by atoms with Crippen LogP contribution in [0.4, 0.5) is 0 Å². The highest BCUT2D eigenvalue weighted by atomic mass is 32.1. The Morgan fingerprint density at radius 3 is 2.47 bits per heavy atom. The van der Waals surface area contributed by atoms with E-state index in [9.17, 15) is 0 Å². The number of nitrogens with zero attached hydrogens (tertiary/aromatic N) is 1. The molecule has 0 radical (unpaired) electrons. The standard InChI is InChI=1S/C12H25NOS/c1-4-11(2)13(3)9-12(10-15)5-7-14-8-6-12/h11,15H,4-10H2,1-3H3. The zero-order valence-corrected chi connectivity index (χ0v) is 11.2. The minimum atomic E-state index is 0.388. The summed E-state index contributed by atoms with van der Waals surface area (Å²) >= 11 is 4.54. The molecular weight excluding hydrogens is 206 g/mol. The quantitative estimate of drug-likeness (QED) is 0.730. The minimum absolute atomic E-state index is 0.388. The fourth-order valence-corrected chi connectivity index (χ4v) is 2.58. The summed E-state index contributed by atoms with van der Waals surface area (Å²) in [4.78, 5) is 2.47. The smallest absolute Gasteiger partial charge is 0.0472 e. The van der Waals surface area contributed by atoms with E-state index in [0.717, 1.165) is 38.4 Å². The summed E-state index contributed by atoms with van der Waals surface area (Å²) in [6.45, 7) is 7.53. The van der Waals surface area contributed by atoms with E-state index in [1.54, 1.807) is 0 Å². The van der Waals surface area contributed by atoms with Gasteiger partial charge in [-0.15, -0.1) is 0 Å². The van der Waals surface area contributed by atoms with Gasteiger partial charge >= 0.3 is 0 Å². The Hall–Kier alpha value is 0.270. The lowest BCUT2D eigenvalue weighted by Gasteiger charge is -2.40. The van der Waals surface area contributed by atoms with Crippen molar-refractivity contribution in [3.8, 4) is 0 Å². The number of hydrogen-bond donors (Lipinski definition) is 1. The zero-order valence-electron chi connectivity index (χ0n) is 10.3. The first-order valence-corrected chi connectivity index (χ1v) is 6.65. The van der Waals surface area contributed by atoms with Gasteiger partial charge in [-0.2, -0.15) is 12.6 Å². The molecule has 3 heteroatoms. The van der Waals surface area contributed by atoms with Crippen molar-refractivity contribution in [3.63, 3.8) is 0 Å². The van der Waals surface area contributed by atoms with Crippen LogP contribution in [-0.4, -0.2) is 43.5 Å². The topological polar surface area (TPSA) is 12.5 Å². The van der Waals surface area contributed by atoms with Crippen LogP contribution in [0.15, 0.2) is 0 Å². The van der Waals surface area contributed by atoms with Gasteiger partial charge in [0.2, 0.25) is 0 Å². The molecule has 0 aromatic rings. The second-order valence-electron chi connectivity index (χ2n) is 4.94. The Bertz CT molecular complexity index is 180. The molecular formula is C12H25NOS. The van der Waals surface area contributed by atoms with Crippen molar-refractivity contribution in [1.82, 2.24) is 4.90 Å². The van der Waals surface area contributed by atoms with Crippen LogP contribution < -0.4 is 0 Å². The first-order valence-electron chi connectivity index (χ1n) is 6.02.